The van der Waals surface area contributed by atoms with Crippen molar-refractivity contribution in [3.05, 3.63) is 0 Å². The average Bonchev–Trinajstić information content (AvgIpc) is 2.43. The third kappa shape index (κ3) is 11.5. The largest absolute Gasteiger partial charge is 0.463 e. The smallest absolute Gasteiger partial charge is 0.306 e. The molecule has 0 heterocycles. The summed E-state index contributed by atoms with van der Waals surface area (Å²) in [6.07, 6.45) is 0.146. The predicted molar refractivity (Wildman–Crippen MR) is 82.5 cm³/mol. The summed E-state index contributed by atoms with van der Waals surface area (Å²) in [5.74, 6) is -0.770. The highest BCUT2D eigenvalue weighted by atomic mass is 16.6. The molecule has 0 bridgehead atoms. The first-order valence-corrected chi connectivity index (χ1v) is 7.93. The minimum absolute atomic E-state index is 0.116. The van der Waals surface area contributed by atoms with Gasteiger partial charge in [0.05, 0.1) is 12.2 Å². The van der Waals surface area contributed by atoms with E-state index in [0.29, 0.717) is 13.2 Å². The van der Waals surface area contributed by atoms with Crippen molar-refractivity contribution in [3.63, 3.8) is 0 Å². The van der Waals surface area contributed by atoms with Crippen LogP contribution < -0.4 is 0 Å². The number of hydrogen-bond donors (Lipinski definition) is 0. The van der Waals surface area contributed by atoms with Gasteiger partial charge in [-0.3, -0.25) is 9.59 Å². The van der Waals surface area contributed by atoms with Crippen LogP contribution in [0, 0.1) is 5.92 Å². The summed E-state index contributed by atoms with van der Waals surface area (Å²) in [6.45, 7) is 10.9. The molecule has 0 spiro atoms. The summed E-state index contributed by atoms with van der Waals surface area (Å²) in [6, 6.07) is 0. The lowest BCUT2D eigenvalue weighted by Gasteiger charge is -2.15. The second kappa shape index (κ2) is 12.4. The SMILES string of the molecule is CCOC(C)COC(=O)CC(C)CC(=O)OCC(C)OCC. The maximum absolute atomic E-state index is 11.6. The normalized spacial score (nSPS) is 15.0. The van der Waals surface area contributed by atoms with E-state index in [0.717, 1.165) is 0 Å². The van der Waals surface area contributed by atoms with Gasteiger partial charge in [0.1, 0.15) is 13.2 Å². The Morgan fingerprint density at radius 2 is 1.14 bits per heavy atom. The van der Waals surface area contributed by atoms with E-state index in [-0.39, 0.29) is 56.1 Å². The number of rotatable bonds is 12. The first-order chi connectivity index (χ1) is 10.4. The monoisotopic (exact) mass is 318 g/mol. The van der Waals surface area contributed by atoms with Crippen molar-refractivity contribution < 1.29 is 28.5 Å². The Labute approximate surface area is 133 Å². The van der Waals surface area contributed by atoms with Crippen molar-refractivity contribution in [3.8, 4) is 0 Å². The van der Waals surface area contributed by atoms with E-state index in [4.69, 9.17) is 18.9 Å². The van der Waals surface area contributed by atoms with Crippen LogP contribution in [0.2, 0.25) is 0 Å². The molecular formula is C16H30O6. The first kappa shape index (κ1) is 20.9. The highest BCUT2D eigenvalue weighted by Gasteiger charge is 2.17. The van der Waals surface area contributed by atoms with Gasteiger partial charge in [-0.2, -0.15) is 0 Å². The molecule has 0 aromatic rings. The van der Waals surface area contributed by atoms with Gasteiger partial charge in [-0.05, 0) is 33.6 Å². The summed E-state index contributed by atoms with van der Waals surface area (Å²) in [5.41, 5.74) is 0. The van der Waals surface area contributed by atoms with Crippen molar-refractivity contribution in [2.45, 2.75) is 59.7 Å². The summed E-state index contributed by atoms with van der Waals surface area (Å²) in [7, 11) is 0. The zero-order valence-corrected chi connectivity index (χ0v) is 14.4. The van der Waals surface area contributed by atoms with Gasteiger partial charge in [-0.1, -0.05) is 6.92 Å². The fourth-order valence-electron chi connectivity index (χ4n) is 1.84. The summed E-state index contributed by atoms with van der Waals surface area (Å²) < 4.78 is 20.8. The van der Waals surface area contributed by atoms with Crippen LogP contribution in [0.5, 0.6) is 0 Å². The van der Waals surface area contributed by atoms with E-state index in [1.165, 1.54) is 0 Å². The molecule has 0 aromatic carbocycles. The molecule has 0 amide bonds. The highest BCUT2D eigenvalue weighted by Crippen LogP contribution is 2.10. The summed E-state index contributed by atoms with van der Waals surface area (Å²) in [5, 5.41) is 0. The van der Waals surface area contributed by atoms with Crippen molar-refractivity contribution >= 4 is 11.9 Å². The van der Waals surface area contributed by atoms with Crippen LogP contribution in [0.25, 0.3) is 0 Å². The van der Waals surface area contributed by atoms with Gasteiger partial charge in [0, 0.05) is 26.1 Å². The molecule has 2 atom stereocenters. The molecule has 6 heteroatoms. The highest BCUT2D eigenvalue weighted by molar-refractivity contribution is 5.73. The van der Waals surface area contributed by atoms with Gasteiger partial charge < -0.3 is 18.9 Å². The molecule has 130 valence electrons. The van der Waals surface area contributed by atoms with Crippen molar-refractivity contribution in [2.24, 2.45) is 5.92 Å². The minimum Gasteiger partial charge on any atom is -0.463 e. The zero-order valence-electron chi connectivity index (χ0n) is 14.4. The fourth-order valence-corrected chi connectivity index (χ4v) is 1.84. The van der Waals surface area contributed by atoms with Gasteiger partial charge in [0.2, 0.25) is 0 Å². The van der Waals surface area contributed by atoms with Crippen molar-refractivity contribution in [1.29, 1.82) is 0 Å². The van der Waals surface area contributed by atoms with Gasteiger partial charge in [0.15, 0.2) is 0 Å². The van der Waals surface area contributed by atoms with Crippen LogP contribution in [0.4, 0.5) is 0 Å². The molecule has 0 rings (SSSR count). The quantitative estimate of drug-likeness (QED) is 0.514. The number of carbonyl (C=O) groups is 2. The lowest BCUT2D eigenvalue weighted by Crippen LogP contribution is -2.22. The molecule has 0 aromatic heterocycles. The molecule has 0 fully saturated rings. The van der Waals surface area contributed by atoms with E-state index >= 15 is 0 Å². The molecule has 22 heavy (non-hydrogen) atoms. The molecule has 6 nitrogen and oxygen atoms in total. The van der Waals surface area contributed by atoms with E-state index < -0.39 is 0 Å². The molecule has 0 saturated carbocycles. The van der Waals surface area contributed by atoms with E-state index in [1.54, 1.807) is 0 Å². The number of hydrogen-bond acceptors (Lipinski definition) is 6. The first-order valence-electron chi connectivity index (χ1n) is 7.93. The molecule has 0 N–H and O–H groups in total. The molecule has 0 aliphatic rings. The zero-order chi connectivity index (χ0) is 17.0. The number of carbonyl (C=O) groups excluding carboxylic acids is 2. The van der Waals surface area contributed by atoms with Crippen LogP contribution in [0.3, 0.4) is 0 Å². The molecule has 0 aliphatic carbocycles. The maximum atomic E-state index is 11.6. The third-order valence-corrected chi connectivity index (χ3v) is 2.89. The van der Waals surface area contributed by atoms with Gasteiger partial charge in [-0.15, -0.1) is 0 Å². The predicted octanol–water partition coefficient (Wildman–Crippen LogP) is 2.34. The Bertz CT molecular complexity index is 288. The average molecular weight is 318 g/mol. The van der Waals surface area contributed by atoms with E-state index in [2.05, 4.69) is 0 Å². The molecule has 0 radical (unpaired) electrons. The van der Waals surface area contributed by atoms with Crippen molar-refractivity contribution in [2.75, 3.05) is 26.4 Å². The molecule has 0 aliphatic heterocycles. The Kier molecular flexibility index (Phi) is 11.8. The molecule has 0 saturated heterocycles. The van der Waals surface area contributed by atoms with Gasteiger partial charge in [-0.25, -0.2) is 0 Å². The Balaban J connectivity index is 3.84. The van der Waals surface area contributed by atoms with E-state index in [9.17, 15) is 9.59 Å². The van der Waals surface area contributed by atoms with Crippen LogP contribution in [-0.2, 0) is 28.5 Å². The maximum Gasteiger partial charge on any atom is 0.306 e. The fraction of sp³-hybridized carbons (Fsp3) is 0.875. The Hall–Kier alpha value is -1.14. The number of ether oxygens (including phenoxy) is 4. The second-order valence-electron chi connectivity index (χ2n) is 5.41. The standard InChI is InChI=1S/C16H30O6/c1-6-19-13(4)10-21-15(17)8-12(3)9-16(18)22-11-14(5)20-7-2/h12-14H,6-11H2,1-5H3. The number of esters is 2. The molecule has 2 unspecified atom stereocenters. The summed E-state index contributed by atoms with van der Waals surface area (Å²) in [4.78, 5) is 23.3. The van der Waals surface area contributed by atoms with Crippen LogP contribution in [0.1, 0.15) is 47.5 Å². The second-order valence-corrected chi connectivity index (χ2v) is 5.41. The lowest BCUT2D eigenvalue weighted by atomic mass is 10.0. The lowest BCUT2D eigenvalue weighted by molar-refractivity contribution is -0.151. The van der Waals surface area contributed by atoms with E-state index in [1.807, 2.05) is 34.6 Å². The van der Waals surface area contributed by atoms with Crippen LogP contribution >= 0.6 is 0 Å². The Morgan fingerprint density at radius 1 is 0.773 bits per heavy atom. The van der Waals surface area contributed by atoms with Crippen LogP contribution in [0.15, 0.2) is 0 Å². The van der Waals surface area contributed by atoms with Gasteiger partial charge in [0.25, 0.3) is 0 Å². The minimum atomic E-state index is -0.325. The third-order valence-electron chi connectivity index (χ3n) is 2.89. The van der Waals surface area contributed by atoms with Crippen molar-refractivity contribution in [1.82, 2.24) is 0 Å². The molecular weight excluding hydrogens is 288 g/mol. The topological polar surface area (TPSA) is 71.1 Å². The van der Waals surface area contributed by atoms with Gasteiger partial charge >= 0.3 is 11.9 Å². The van der Waals surface area contributed by atoms with Crippen LogP contribution in [-0.4, -0.2) is 50.6 Å². The summed E-state index contributed by atoms with van der Waals surface area (Å²) >= 11 is 0. The Morgan fingerprint density at radius 3 is 1.45 bits per heavy atom.